The number of hydrogen-bond donors (Lipinski definition) is 0. The Morgan fingerprint density at radius 2 is 1.79 bits per heavy atom. The lowest BCUT2D eigenvalue weighted by Crippen LogP contribution is -2.00. The number of Topliss-reactive ketones (excluding diaryl/α,β-unsaturated/α-hetero) is 1. The molecule has 1 aliphatic rings. The smallest absolute Gasteiger partial charge is 0.232 e. The number of benzene rings is 3. The predicted molar refractivity (Wildman–Crippen MR) is 115 cm³/mol. The molecule has 29 heavy (non-hydrogen) atoms. The molecule has 4 rings (SSSR count). The molecule has 0 N–H and O–H groups in total. The molecule has 3 nitrogen and oxygen atoms in total. The SMILES string of the molecule is Cc1cc(OCc2ccccc2Cl)cc2c1C(=O)/C(=C/C=C/c1ccccc1)O2. The first-order chi connectivity index (χ1) is 14.1. The number of allylic oxidation sites excluding steroid dienone is 3. The molecule has 0 aliphatic carbocycles. The first-order valence-electron chi connectivity index (χ1n) is 9.28. The van der Waals surface area contributed by atoms with Crippen molar-refractivity contribution in [1.82, 2.24) is 0 Å². The summed E-state index contributed by atoms with van der Waals surface area (Å²) in [7, 11) is 0. The minimum atomic E-state index is -0.118. The normalized spacial score (nSPS) is 14.3. The van der Waals surface area contributed by atoms with E-state index in [-0.39, 0.29) is 5.78 Å². The summed E-state index contributed by atoms with van der Waals surface area (Å²) < 4.78 is 11.7. The van der Waals surface area contributed by atoms with E-state index in [4.69, 9.17) is 21.1 Å². The molecule has 0 spiro atoms. The molecule has 0 radical (unpaired) electrons. The Morgan fingerprint density at radius 3 is 2.59 bits per heavy atom. The fourth-order valence-corrected chi connectivity index (χ4v) is 3.35. The Hall–Kier alpha value is -3.30. The summed E-state index contributed by atoms with van der Waals surface area (Å²) in [5.41, 5.74) is 3.35. The zero-order chi connectivity index (χ0) is 20.2. The molecule has 0 atom stereocenters. The van der Waals surface area contributed by atoms with Gasteiger partial charge in [0, 0.05) is 16.7 Å². The zero-order valence-corrected chi connectivity index (χ0v) is 16.6. The van der Waals surface area contributed by atoms with Crippen molar-refractivity contribution in [3.05, 3.63) is 112 Å². The average Bonchev–Trinajstić information content (AvgIpc) is 3.04. The van der Waals surface area contributed by atoms with Gasteiger partial charge in [-0.2, -0.15) is 0 Å². The second-order valence-electron chi connectivity index (χ2n) is 6.73. The van der Waals surface area contributed by atoms with Crippen molar-refractivity contribution in [2.75, 3.05) is 0 Å². The molecular weight excluding hydrogens is 384 g/mol. The number of rotatable bonds is 5. The Kier molecular flexibility index (Phi) is 5.50. The Balaban J connectivity index is 1.51. The van der Waals surface area contributed by atoms with Gasteiger partial charge in [0.05, 0.1) is 5.56 Å². The summed E-state index contributed by atoms with van der Waals surface area (Å²) in [5, 5.41) is 0.659. The van der Waals surface area contributed by atoms with E-state index in [1.54, 1.807) is 12.1 Å². The lowest BCUT2D eigenvalue weighted by molar-refractivity contribution is 0.101. The van der Waals surface area contributed by atoms with E-state index in [0.717, 1.165) is 16.7 Å². The summed E-state index contributed by atoms with van der Waals surface area (Å²) in [4.78, 5) is 12.7. The van der Waals surface area contributed by atoms with Crippen LogP contribution in [0.4, 0.5) is 0 Å². The summed E-state index contributed by atoms with van der Waals surface area (Å²) in [6, 6.07) is 21.0. The summed E-state index contributed by atoms with van der Waals surface area (Å²) in [6.45, 7) is 2.22. The number of halogens is 1. The molecule has 0 aromatic heterocycles. The first kappa shape index (κ1) is 19.0. The highest BCUT2D eigenvalue weighted by Crippen LogP contribution is 2.37. The van der Waals surface area contributed by atoms with Gasteiger partial charge in [-0.15, -0.1) is 0 Å². The van der Waals surface area contributed by atoms with Crippen molar-refractivity contribution in [2.45, 2.75) is 13.5 Å². The van der Waals surface area contributed by atoms with Crippen LogP contribution in [0.2, 0.25) is 5.02 Å². The van der Waals surface area contributed by atoms with Crippen LogP contribution in [0.15, 0.2) is 84.6 Å². The van der Waals surface area contributed by atoms with Crippen LogP contribution in [-0.4, -0.2) is 5.78 Å². The Bertz CT molecular complexity index is 1110. The highest BCUT2D eigenvalue weighted by molar-refractivity contribution is 6.31. The van der Waals surface area contributed by atoms with Crippen molar-refractivity contribution >= 4 is 23.5 Å². The average molecular weight is 403 g/mol. The van der Waals surface area contributed by atoms with E-state index in [2.05, 4.69) is 0 Å². The van der Waals surface area contributed by atoms with E-state index in [9.17, 15) is 4.79 Å². The van der Waals surface area contributed by atoms with Gasteiger partial charge in [0.25, 0.3) is 0 Å². The topological polar surface area (TPSA) is 35.5 Å². The van der Waals surface area contributed by atoms with Crippen LogP contribution < -0.4 is 9.47 Å². The van der Waals surface area contributed by atoms with Gasteiger partial charge in [-0.3, -0.25) is 4.79 Å². The van der Waals surface area contributed by atoms with Gasteiger partial charge >= 0.3 is 0 Å². The van der Waals surface area contributed by atoms with E-state index < -0.39 is 0 Å². The maximum absolute atomic E-state index is 12.7. The molecule has 3 aromatic rings. The van der Waals surface area contributed by atoms with Gasteiger partial charge in [-0.1, -0.05) is 72.3 Å². The first-order valence-corrected chi connectivity index (χ1v) is 9.66. The second kappa shape index (κ2) is 8.38. The fourth-order valence-electron chi connectivity index (χ4n) is 3.16. The van der Waals surface area contributed by atoms with Crippen molar-refractivity contribution in [2.24, 2.45) is 0 Å². The molecule has 0 fully saturated rings. The third kappa shape index (κ3) is 4.25. The molecule has 0 bridgehead atoms. The molecule has 0 unspecified atom stereocenters. The number of carbonyl (C=O) groups excluding carboxylic acids is 1. The van der Waals surface area contributed by atoms with Crippen LogP contribution in [0, 0.1) is 6.92 Å². The van der Waals surface area contributed by atoms with Gasteiger partial charge in [0.2, 0.25) is 5.78 Å². The zero-order valence-electron chi connectivity index (χ0n) is 15.9. The third-order valence-electron chi connectivity index (χ3n) is 4.63. The van der Waals surface area contributed by atoms with Crippen LogP contribution >= 0.6 is 11.6 Å². The minimum absolute atomic E-state index is 0.118. The van der Waals surface area contributed by atoms with E-state index in [0.29, 0.717) is 34.5 Å². The lowest BCUT2D eigenvalue weighted by atomic mass is 10.0. The van der Waals surface area contributed by atoms with Crippen molar-refractivity contribution in [3.8, 4) is 11.5 Å². The largest absolute Gasteiger partial charge is 0.489 e. The van der Waals surface area contributed by atoms with Gasteiger partial charge in [0.15, 0.2) is 5.76 Å². The second-order valence-corrected chi connectivity index (χ2v) is 7.13. The lowest BCUT2D eigenvalue weighted by Gasteiger charge is -2.10. The Labute approximate surface area is 174 Å². The number of ether oxygens (including phenoxy) is 2. The molecule has 3 aromatic carbocycles. The van der Waals surface area contributed by atoms with Crippen LogP contribution in [0.25, 0.3) is 6.08 Å². The monoisotopic (exact) mass is 402 g/mol. The van der Waals surface area contributed by atoms with Gasteiger partial charge in [-0.25, -0.2) is 0 Å². The highest BCUT2D eigenvalue weighted by atomic mass is 35.5. The van der Waals surface area contributed by atoms with Crippen LogP contribution in [-0.2, 0) is 6.61 Å². The molecule has 1 aliphatic heterocycles. The maximum atomic E-state index is 12.7. The summed E-state index contributed by atoms with van der Waals surface area (Å²) >= 11 is 6.18. The highest BCUT2D eigenvalue weighted by Gasteiger charge is 2.29. The number of carbonyl (C=O) groups is 1. The Morgan fingerprint density at radius 1 is 1.03 bits per heavy atom. The molecule has 0 saturated carbocycles. The van der Waals surface area contributed by atoms with Gasteiger partial charge in [0.1, 0.15) is 18.1 Å². The molecular formula is C25H19ClO3. The molecule has 4 heteroatoms. The number of ketones is 1. The number of aryl methyl sites for hydroxylation is 1. The molecule has 1 heterocycles. The summed E-state index contributed by atoms with van der Waals surface area (Å²) in [6.07, 6.45) is 5.44. The molecule has 0 saturated heterocycles. The van der Waals surface area contributed by atoms with E-state index in [1.807, 2.05) is 79.7 Å². The number of hydrogen-bond acceptors (Lipinski definition) is 3. The van der Waals surface area contributed by atoms with Gasteiger partial charge in [-0.05, 0) is 36.3 Å². The van der Waals surface area contributed by atoms with Crippen LogP contribution in [0.3, 0.4) is 0 Å². The van der Waals surface area contributed by atoms with Crippen LogP contribution in [0.5, 0.6) is 11.5 Å². The summed E-state index contributed by atoms with van der Waals surface area (Å²) in [5.74, 6) is 1.34. The van der Waals surface area contributed by atoms with E-state index in [1.165, 1.54) is 0 Å². The minimum Gasteiger partial charge on any atom is -0.489 e. The standard InChI is InChI=1S/C25H19ClO3/c1-17-14-20(28-16-19-11-5-6-12-21(19)26)15-23-24(17)25(27)22(29-23)13-7-10-18-8-3-2-4-9-18/h2-15H,16H2,1H3/b10-7+,22-13-. The maximum Gasteiger partial charge on any atom is 0.232 e. The molecule has 0 amide bonds. The van der Waals surface area contributed by atoms with E-state index >= 15 is 0 Å². The van der Waals surface area contributed by atoms with Gasteiger partial charge < -0.3 is 9.47 Å². The molecule has 144 valence electrons. The quantitative estimate of drug-likeness (QED) is 0.463. The fraction of sp³-hybridized carbons (Fsp3) is 0.0800. The van der Waals surface area contributed by atoms with Crippen molar-refractivity contribution in [3.63, 3.8) is 0 Å². The van der Waals surface area contributed by atoms with Crippen molar-refractivity contribution < 1.29 is 14.3 Å². The third-order valence-corrected chi connectivity index (χ3v) is 5.00. The number of fused-ring (bicyclic) bond motifs is 1. The predicted octanol–water partition coefficient (Wildman–Crippen LogP) is 6.40. The van der Waals surface area contributed by atoms with Crippen molar-refractivity contribution in [1.29, 1.82) is 0 Å². The van der Waals surface area contributed by atoms with Crippen LogP contribution in [0.1, 0.15) is 27.0 Å².